The Hall–Kier alpha value is -1.24. The summed E-state index contributed by atoms with van der Waals surface area (Å²) in [5.74, 6) is 0. The summed E-state index contributed by atoms with van der Waals surface area (Å²) in [4.78, 5) is 17.9. The Kier molecular flexibility index (Phi) is 9.97. The fourth-order valence-corrected chi connectivity index (χ4v) is 2.10. The fourth-order valence-electron chi connectivity index (χ4n) is 0.973. The zero-order valence-electron chi connectivity index (χ0n) is 11.0. The van der Waals surface area contributed by atoms with Gasteiger partial charge in [-0.1, -0.05) is 18.2 Å². The Labute approximate surface area is 111 Å². The van der Waals surface area contributed by atoms with E-state index in [0.717, 1.165) is 0 Å². The second-order valence-corrected chi connectivity index (χ2v) is 4.68. The molecule has 0 spiro atoms. The Bertz CT molecular complexity index is 372. The van der Waals surface area contributed by atoms with Crippen molar-refractivity contribution in [2.45, 2.75) is 6.92 Å². The number of benzene rings is 1. The highest BCUT2D eigenvalue weighted by Crippen LogP contribution is 2.46. The molecule has 0 aliphatic heterocycles. The normalized spacial score (nSPS) is 10.3. The Morgan fingerprint density at radius 2 is 1.63 bits per heavy atom. The van der Waals surface area contributed by atoms with E-state index in [1.54, 1.807) is 37.3 Å². The van der Waals surface area contributed by atoms with Gasteiger partial charge in [0.05, 0.1) is 26.1 Å². The first kappa shape index (κ1) is 17.8. The molecule has 0 aliphatic carbocycles. The van der Waals surface area contributed by atoms with Crippen LogP contribution in [-0.2, 0) is 33.2 Å². The predicted molar refractivity (Wildman–Crippen MR) is 67.6 cm³/mol. The summed E-state index contributed by atoms with van der Waals surface area (Å²) in [7, 11) is -1.03. The van der Waals surface area contributed by atoms with Crippen LogP contribution >= 0.6 is 7.60 Å². The summed E-state index contributed by atoms with van der Waals surface area (Å²) in [6.45, 7) is 2.66. The molecule has 19 heavy (non-hydrogen) atoms. The number of carbonyl (C=O) groups is 1. The molecule has 0 saturated heterocycles. The van der Waals surface area contributed by atoms with Crippen molar-refractivity contribution < 1.29 is 33.2 Å². The van der Waals surface area contributed by atoms with Crippen molar-refractivity contribution in [2.24, 2.45) is 0 Å². The summed E-state index contributed by atoms with van der Waals surface area (Å²) < 4.78 is 25.2. The Morgan fingerprint density at radius 1 is 1.11 bits per heavy atom. The van der Waals surface area contributed by atoms with Gasteiger partial charge in [-0.15, -0.1) is 9.35 Å². The number of hydrogen-bond acceptors (Lipinski definition) is 7. The van der Waals surface area contributed by atoms with E-state index in [-0.39, 0.29) is 0 Å². The van der Waals surface area contributed by atoms with Crippen LogP contribution < -0.4 is 5.30 Å². The van der Waals surface area contributed by atoms with Crippen LogP contribution in [0.25, 0.3) is 0 Å². The van der Waals surface area contributed by atoms with Crippen LogP contribution in [-0.4, -0.2) is 27.3 Å². The summed E-state index contributed by atoms with van der Waals surface area (Å²) in [6.07, 6.45) is 0. The quantitative estimate of drug-likeness (QED) is 0.328. The molecular formula is C11H17O7P. The number of ether oxygens (including phenoxy) is 1. The molecule has 0 bridgehead atoms. The first-order chi connectivity index (χ1) is 9.14. The monoisotopic (exact) mass is 292 g/mol. The van der Waals surface area contributed by atoms with E-state index in [2.05, 4.69) is 23.9 Å². The second kappa shape index (κ2) is 10.7. The van der Waals surface area contributed by atoms with E-state index in [4.69, 9.17) is 0 Å². The molecule has 1 rings (SSSR count). The molecule has 0 aliphatic rings. The molecule has 0 amide bonds. The molecule has 0 fully saturated rings. The lowest BCUT2D eigenvalue weighted by atomic mass is 10.4. The van der Waals surface area contributed by atoms with Gasteiger partial charge in [0.2, 0.25) is 0 Å². The zero-order valence-corrected chi connectivity index (χ0v) is 11.9. The van der Waals surface area contributed by atoms with E-state index < -0.39 is 7.60 Å². The topological polar surface area (TPSA) is 80.3 Å². The van der Waals surface area contributed by atoms with Crippen molar-refractivity contribution >= 4 is 19.4 Å². The molecule has 0 N–H and O–H groups in total. The van der Waals surface area contributed by atoms with Gasteiger partial charge in [0.15, 0.2) is 0 Å². The lowest BCUT2D eigenvalue weighted by Crippen LogP contribution is -2.09. The standard InChI is InChI=1S/C8H11O5P.C3H6O2/c1-10-12-14(9,13-11-2)8-6-4-3-5-7-8;1-2-5-3-4/h3-7H,1-2H3;3H,2H2,1H3. The van der Waals surface area contributed by atoms with E-state index in [1.807, 2.05) is 0 Å². The van der Waals surface area contributed by atoms with Gasteiger partial charge in [-0.25, -0.2) is 14.3 Å². The van der Waals surface area contributed by atoms with Crippen LogP contribution in [0, 0.1) is 0 Å². The fraction of sp³-hybridized carbons (Fsp3) is 0.364. The molecule has 1 aromatic rings. The molecule has 1 aromatic carbocycles. The van der Waals surface area contributed by atoms with Gasteiger partial charge >= 0.3 is 7.60 Å². The van der Waals surface area contributed by atoms with Crippen LogP contribution in [0.4, 0.5) is 0 Å². The number of hydrogen-bond donors (Lipinski definition) is 0. The van der Waals surface area contributed by atoms with Gasteiger partial charge in [-0.2, -0.15) is 0 Å². The van der Waals surface area contributed by atoms with Crippen molar-refractivity contribution in [2.75, 3.05) is 20.8 Å². The molecule has 0 unspecified atom stereocenters. The third-order valence-corrected chi connectivity index (χ3v) is 3.27. The maximum Gasteiger partial charge on any atom is 0.414 e. The minimum absolute atomic E-state index is 0.365. The van der Waals surface area contributed by atoms with E-state index in [9.17, 15) is 9.36 Å². The SMILES string of the molecule is CCOC=O.COOP(=O)(OOC)c1ccccc1. The van der Waals surface area contributed by atoms with E-state index in [0.29, 0.717) is 18.4 Å². The number of carbonyl (C=O) groups excluding carboxylic acids is 1. The molecule has 8 heteroatoms. The summed E-state index contributed by atoms with van der Waals surface area (Å²) >= 11 is 0. The highest BCUT2D eigenvalue weighted by atomic mass is 31.2. The predicted octanol–water partition coefficient (Wildman–Crippen LogP) is 1.84. The van der Waals surface area contributed by atoms with Gasteiger partial charge in [-0.3, -0.25) is 4.79 Å². The third-order valence-electron chi connectivity index (χ3n) is 1.65. The number of rotatable bonds is 7. The highest BCUT2D eigenvalue weighted by Gasteiger charge is 2.29. The van der Waals surface area contributed by atoms with Crippen molar-refractivity contribution in [3.8, 4) is 0 Å². The minimum Gasteiger partial charge on any atom is -0.468 e. The zero-order chi connectivity index (χ0) is 14.6. The Balaban J connectivity index is 0.000000555. The average molecular weight is 292 g/mol. The Morgan fingerprint density at radius 3 is 1.95 bits per heavy atom. The molecular weight excluding hydrogens is 275 g/mol. The molecule has 108 valence electrons. The lowest BCUT2D eigenvalue weighted by Gasteiger charge is -2.13. The minimum atomic E-state index is -3.52. The van der Waals surface area contributed by atoms with Crippen LogP contribution in [0.15, 0.2) is 30.3 Å². The van der Waals surface area contributed by atoms with Crippen LogP contribution in [0.1, 0.15) is 6.92 Å². The maximum atomic E-state index is 11.9. The van der Waals surface area contributed by atoms with Crippen molar-refractivity contribution in [3.63, 3.8) is 0 Å². The first-order valence-electron chi connectivity index (χ1n) is 5.30. The molecule has 7 nitrogen and oxygen atoms in total. The average Bonchev–Trinajstić information content (AvgIpc) is 2.42. The lowest BCUT2D eigenvalue weighted by molar-refractivity contribution is -0.239. The first-order valence-corrected chi connectivity index (χ1v) is 6.84. The van der Waals surface area contributed by atoms with Crippen molar-refractivity contribution in [1.29, 1.82) is 0 Å². The molecule has 0 aromatic heterocycles. The summed E-state index contributed by atoms with van der Waals surface area (Å²) in [5, 5.41) is 0.365. The van der Waals surface area contributed by atoms with Crippen LogP contribution in [0.2, 0.25) is 0 Å². The molecule has 0 heterocycles. The van der Waals surface area contributed by atoms with Gasteiger partial charge < -0.3 is 4.74 Å². The van der Waals surface area contributed by atoms with Crippen LogP contribution in [0.3, 0.4) is 0 Å². The molecule has 0 atom stereocenters. The van der Waals surface area contributed by atoms with E-state index in [1.165, 1.54) is 14.2 Å². The summed E-state index contributed by atoms with van der Waals surface area (Å²) in [6, 6.07) is 8.39. The maximum absolute atomic E-state index is 11.9. The van der Waals surface area contributed by atoms with Gasteiger partial charge in [0, 0.05) is 0 Å². The van der Waals surface area contributed by atoms with Gasteiger partial charge in [0.25, 0.3) is 6.47 Å². The van der Waals surface area contributed by atoms with Crippen molar-refractivity contribution in [3.05, 3.63) is 30.3 Å². The van der Waals surface area contributed by atoms with Crippen LogP contribution in [0.5, 0.6) is 0 Å². The second-order valence-electron chi connectivity index (χ2n) is 2.87. The molecule has 0 saturated carbocycles. The summed E-state index contributed by atoms with van der Waals surface area (Å²) in [5.41, 5.74) is 0. The van der Waals surface area contributed by atoms with Crippen molar-refractivity contribution in [1.82, 2.24) is 0 Å². The largest absolute Gasteiger partial charge is 0.468 e. The third kappa shape index (κ3) is 7.05. The smallest absolute Gasteiger partial charge is 0.414 e. The van der Waals surface area contributed by atoms with E-state index >= 15 is 0 Å². The van der Waals surface area contributed by atoms with Gasteiger partial charge in [-0.05, 0) is 19.1 Å². The molecule has 0 radical (unpaired) electrons. The highest BCUT2D eigenvalue weighted by molar-refractivity contribution is 7.61. The van der Waals surface area contributed by atoms with Gasteiger partial charge in [0.1, 0.15) is 0 Å².